The Morgan fingerprint density at radius 1 is 1.33 bits per heavy atom. The highest BCUT2D eigenvalue weighted by Gasteiger charge is 2.30. The summed E-state index contributed by atoms with van der Waals surface area (Å²) in [5.41, 5.74) is 2.36. The summed E-state index contributed by atoms with van der Waals surface area (Å²) in [7, 11) is 0. The van der Waals surface area contributed by atoms with E-state index in [0.717, 1.165) is 29.7 Å². The van der Waals surface area contributed by atoms with Crippen LogP contribution in [0.25, 0.3) is 0 Å². The molecule has 18 heavy (non-hydrogen) atoms. The molecular weight excluding hydrogens is 224 g/mol. The molecule has 1 saturated carbocycles. The molecule has 0 unspecified atom stereocenters. The topological polar surface area (TPSA) is 26.3 Å². The molecule has 0 aromatic heterocycles. The fraction of sp³-hybridized carbons (Fsp3) is 0.562. The molecule has 2 rings (SSSR count). The molecule has 0 saturated heterocycles. The van der Waals surface area contributed by atoms with Crippen molar-refractivity contribution in [2.45, 2.75) is 46.0 Å². The van der Waals surface area contributed by atoms with E-state index in [-0.39, 0.29) is 23.7 Å². The van der Waals surface area contributed by atoms with E-state index in [1.165, 1.54) is 0 Å². The van der Waals surface area contributed by atoms with Crippen LogP contribution in [0, 0.1) is 12.8 Å². The summed E-state index contributed by atoms with van der Waals surface area (Å²) < 4.78 is 5.76. The highest BCUT2D eigenvalue weighted by Crippen LogP contribution is 2.33. The molecule has 98 valence electrons. The molecule has 2 heteroatoms. The summed E-state index contributed by atoms with van der Waals surface area (Å²) >= 11 is 0. The third-order valence-electron chi connectivity index (χ3n) is 3.35. The van der Waals surface area contributed by atoms with E-state index in [0.29, 0.717) is 0 Å². The molecule has 0 amide bonds. The van der Waals surface area contributed by atoms with Gasteiger partial charge in [0.25, 0.3) is 0 Å². The van der Waals surface area contributed by atoms with Crippen LogP contribution in [0.1, 0.15) is 44.7 Å². The Labute approximate surface area is 109 Å². The normalized spacial score (nSPS) is 15.6. The van der Waals surface area contributed by atoms with Gasteiger partial charge in [-0.3, -0.25) is 4.79 Å². The molecule has 1 aliphatic carbocycles. The van der Waals surface area contributed by atoms with Gasteiger partial charge < -0.3 is 4.74 Å². The summed E-state index contributed by atoms with van der Waals surface area (Å²) in [6.45, 7) is 8.74. The summed E-state index contributed by atoms with van der Waals surface area (Å²) in [5, 5.41) is 0. The average molecular weight is 246 g/mol. The van der Waals surface area contributed by atoms with Crippen molar-refractivity contribution >= 4 is 5.78 Å². The second kappa shape index (κ2) is 4.75. The molecule has 0 heterocycles. The molecule has 0 spiro atoms. The van der Waals surface area contributed by atoms with Crippen LogP contribution in [0.15, 0.2) is 18.2 Å². The number of aryl methyl sites for hydroxylation is 1. The Bertz CT molecular complexity index is 451. The SMILES string of the molecule is Cc1ccc(C(C)(C)C)c(OCC(=O)C2CC2)c1. The van der Waals surface area contributed by atoms with Gasteiger partial charge in [-0.05, 0) is 42.4 Å². The van der Waals surface area contributed by atoms with Gasteiger partial charge in [-0.2, -0.15) is 0 Å². The van der Waals surface area contributed by atoms with Gasteiger partial charge in [0.1, 0.15) is 12.4 Å². The summed E-state index contributed by atoms with van der Waals surface area (Å²) in [6, 6.07) is 6.23. The standard InChI is InChI=1S/C16H22O2/c1-11-5-8-13(16(2,3)4)15(9-11)18-10-14(17)12-6-7-12/h5,8-9,12H,6-7,10H2,1-4H3. The lowest BCUT2D eigenvalue weighted by atomic mass is 9.86. The molecule has 0 aliphatic heterocycles. The van der Waals surface area contributed by atoms with Crippen molar-refractivity contribution in [1.82, 2.24) is 0 Å². The van der Waals surface area contributed by atoms with E-state index >= 15 is 0 Å². The molecule has 1 aliphatic rings. The number of benzene rings is 1. The predicted octanol–water partition coefficient (Wildman–Crippen LogP) is 3.65. The lowest BCUT2D eigenvalue weighted by molar-refractivity contribution is -0.122. The van der Waals surface area contributed by atoms with Gasteiger partial charge in [0.05, 0.1) is 0 Å². The average Bonchev–Trinajstić information content (AvgIpc) is 3.07. The third kappa shape index (κ3) is 3.12. The lowest BCUT2D eigenvalue weighted by Crippen LogP contribution is -2.17. The van der Waals surface area contributed by atoms with Gasteiger partial charge in [0.15, 0.2) is 5.78 Å². The van der Waals surface area contributed by atoms with Crippen molar-refractivity contribution in [1.29, 1.82) is 0 Å². The van der Waals surface area contributed by atoms with Gasteiger partial charge in [-0.1, -0.05) is 32.9 Å². The minimum atomic E-state index is 0.0334. The Kier molecular flexibility index (Phi) is 3.47. The van der Waals surface area contributed by atoms with Crippen LogP contribution in [-0.4, -0.2) is 12.4 Å². The largest absolute Gasteiger partial charge is 0.486 e. The molecule has 0 atom stereocenters. The maximum absolute atomic E-state index is 11.7. The van der Waals surface area contributed by atoms with Crippen molar-refractivity contribution < 1.29 is 9.53 Å². The van der Waals surface area contributed by atoms with E-state index in [2.05, 4.69) is 32.9 Å². The van der Waals surface area contributed by atoms with Crippen molar-refractivity contribution in [2.75, 3.05) is 6.61 Å². The van der Waals surface area contributed by atoms with Gasteiger partial charge in [-0.25, -0.2) is 0 Å². The maximum Gasteiger partial charge on any atom is 0.173 e. The van der Waals surface area contributed by atoms with E-state index in [1.54, 1.807) is 0 Å². The highest BCUT2D eigenvalue weighted by molar-refractivity contribution is 5.84. The zero-order chi connectivity index (χ0) is 13.3. The fourth-order valence-corrected chi connectivity index (χ4v) is 2.04. The number of hydrogen-bond donors (Lipinski definition) is 0. The van der Waals surface area contributed by atoms with Gasteiger partial charge in [0.2, 0.25) is 0 Å². The van der Waals surface area contributed by atoms with Crippen LogP contribution in [0.2, 0.25) is 0 Å². The number of carbonyl (C=O) groups is 1. The van der Waals surface area contributed by atoms with E-state index in [4.69, 9.17) is 4.74 Å². The first kappa shape index (κ1) is 13.1. The Balaban J connectivity index is 2.14. The Hall–Kier alpha value is -1.31. The number of Topliss-reactive ketones (excluding diaryl/α,β-unsaturated/α-hetero) is 1. The highest BCUT2D eigenvalue weighted by atomic mass is 16.5. The second-order valence-electron chi connectivity index (χ2n) is 6.28. The predicted molar refractivity (Wildman–Crippen MR) is 73.1 cm³/mol. The Morgan fingerprint density at radius 3 is 2.56 bits per heavy atom. The van der Waals surface area contributed by atoms with Crippen molar-refractivity contribution in [3.63, 3.8) is 0 Å². The first-order valence-electron chi connectivity index (χ1n) is 6.64. The quantitative estimate of drug-likeness (QED) is 0.810. The van der Waals surface area contributed by atoms with Gasteiger partial charge in [-0.15, -0.1) is 0 Å². The summed E-state index contributed by atoms with van der Waals surface area (Å²) in [4.78, 5) is 11.7. The van der Waals surface area contributed by atoms with E-state index < -0.39 is 0 Å². The molecule has 0 bridgehead atoms. The minimum absolute atomic E-state index is 0.0334. The lowest BCUT2D eigenvalue weighted by Gasteiger charge is -2.23. The van der Waals surface area contributed by atoms with Crippen LogP contribution in [-0.2, 0) is 10.2 Å². The minimum Gasteiger partial charge on any atom is -0.486 e. The molecule has 1 aromatic carbocycles. The first-order valence-corrected chi connectivity index (χ1v) is 6.64. The maximum atomic E-state index is 11.7. The number of hydrogen-bond acceptors (Lipinski definition) is 2. The van der Waals surface area contributed by atoms with Crippen molar-refractivity contribution in [3.05, 3.63) is 29.3 Å². The zero-order valence-electron chi connectivity index (χ0n) is 11.7. The zero-order valence-corrected chi connectivity index (χ0v) is 11.7. The molecule has 0 radical (unpaired) electrons. The first-order chi connectivity index (χ1) is 8.38. The van der Waals surface area contributed by atoms with Crippen molar-refractivity contribution in [3.8, 4) is 5.75 Å². The van der Waals surface area contributed by atoms with E-state index in [1.807, 2.05) is 13.0 Å². The molecule has 1 fully saturated rings. The third-order valence-corrected chi connectivity index (χ3v) is 3.35. The molecule has 0 N–H and O–H groups in total. The van der Waals surface area contributed by atoms with Crippen LogP contribution < -0.4 is 4.74 Å². The van der Waals surface area contributed by atoms with E-state index in [9.17, 15) is 4.79 Å². The monoisotopic (exact) mass is 246 g/mol. The number of carbonyl (C=O) groups excluding carboxylic acids is 1. The van der Waals surface area contributed by atoms with Crippen LogP contribution in [0.4, 0.5) is 0 Å². The number of ether oxygens (including phenoxy) is 1. The molecule has 1 aromatic rings. The van der Waals surface area contributed by atoms with Crippen LogP contribution in [0.3, 0.4) is 0 Å². The number of rotatable bonds is 4. The summed E-state index contributed by atoms with van der Waals surface area (Å²) in [6.07, 6.45) is 2.09. The second-order valence-corrected chi connectivity index (χ2v) is 6.28. The van der Waals surface area contributed by atoms with Gasteiger partial charge >= 0.3 is 0 Å². The molecule has 2 nitrogen and oxygen atoms in total. The van der Waals surface area contributed by atoms with Crippen molar-refractivity contribution in [2.24, 2.45) is 5.92 Å². The smallest absolute Gasteiger partial charge is 0.173 e. The fourth-order valence-electron chi connectivity index (χ4n) is 2.04. The van der Waals surface area contributed by atoms with Crippen LogP contribution in [0.5, 0.6) is 5.75 Å². The molecular formula is C16H22O2. The number of ketones is 1. The summed E-state index contributed by atoms with van der Waals surface area (Å²) in [5.74, 6) is 1.38. The Morgan fingerprint density at radius 2 is 2.00 bits per heavy atom. The van der Waals surface area contributed by atoms with Crippen LogP contribution >= 0.6 is 0 Å². The van der Waals surface area contributed by atoms with Gasteiger partial charge in [0, 0.05) is 5.92 Å².